The van der Waals surface area contributed by atoms with Gasteiger partial charge in [0.25, 0.3) is 0 Å². The minimum atomic E-state index is -0.366. The van der Waals surface area contributed by atoms with Gasteiger partial charge < -0.3 is 5.73 Å². The number of carbonyl (C=O) groups excluding carboxylic acids is 1. The number of ketones is 1. The van der Waals surface area contributed by atoms with Crippen molar-refractivity contribution in [2.75, 3.05) is 5.73 Å². The van der Waals surface area contributed by atoms with Crippen LogP contribution in [0.15, 0.2) is 24.4 Å². The molecule has 1 aromatic heterocycles. The predicted octanol–water partition coefficient (Wildman–Crippen LogP) is 1.67. The minimum absolute atomic E-state index is 0.216. The fourth-order valence-electron chi connectivity index (χ4n) is 1.50. The largest absolute Gasteiger partial charge is 0.383 e. The topological polar surface area (TPSA) is 71.8 Å². The maximum absolute atomic E-state index is 12.9. The van der Waals surface area contributed by atoms with Crippen LogP contribution in [0.25, 0.3) is 0 Å². The summed E-state index contributed by atoms with van der Waals surface area (Å²) in [5.74, 6) is -0.410. The lowest BCUT2D eigenvalue weighted by atomic mass is 10.0. The smallest absolute Gasteiger partial charge is 0.198 e. The summed E-state index contributed by atoms with van der Waals surface area (Å²) in [6.45, 7) is 1.67. The number of benzene rings is 1. The molecule has 0 unspecified atom stereocenters. The van der Waals surface area contributed by atoms with Gasteiger partial charge in [-0.2, -0.15) is 5.10 Å². The highest BCUT2D eigenvalue weighted by molar-refractivity contribution is 6.12. The third-order valence-electron chi connectivity index (χ3n) is 2.35. The van der Waals surface area contributed by atoms with E-state index in [1.165, 1.54) is 24.4 Å². The van der Waals surface area contributed by atoms with Gasteiger partial charge >= 0.3 is 0 Å². The number of aromatic amines is 1. The molecule has 3 N–H and O–H groups in total. The van der Waals surface area contributed by atoms with Gasteiger partial charge in [-0.3, -0.25) is 9.89 Å². The Balaban J connectivity index is 2.46. The van der Waals surface area contributed by atoms with Gasteiger partial charge in [-0.25, -0.2) is 4.39 Å². The molecule has 2 aromatic rings. The fourth-order valence-corrected chi connectivity index (χ4v) is 1.50. The van der Waals surface area contributed by atoms with Crippen LogP contribution in [0.1, 0.15) is 21.5 Å². The number of aryl methyl sites for hydroxylation is 1. The first-order valence-electron chi connectivity index (χ1n) is 4.69. The summed E-state index contributed by atoms with van der Waals surface area (Å²) < 4.78 is 12.9. The van der Waals surface area contributed by atoms with Gasteiger partial charge in [0.05, 0.1) is 11.8 Å². The molecule has 0 aliphatic carbocycles. The summed E-state index contributed by atoms with van der Waals surface area (Å²) in [6, 6.07) is 4.00. The second kappa shape index (κ2) is 3.77. The molecular weight excluding hydrogens is 209 g/mol. The second-order valence-electron chi connectivity index (χ2n) is 3.49. The zero-order chi connectivity index (χ0) is 11.7. The lowest BCUT2D eigenvalue weighted by Gasteiger charge is -2.03. The molecule has 0 saturated heterocycles. The highest BCUT2D eigenvalue weighted by Gasteiger charge is 2.16. The number of nitrogens with one attached hydrogen (secondary N) is 1. The van der Waals surface area contributed by atoms with Crippen molar-refractivity contribution in [3.63, 3.8) is 0 Å². The standard InChI is InChI=1S/C11H10FN3O/c1-6-4-7(12)2-3-8(6)10(16)9-5-14-15-11(9)13/h2-5H,1H3,(H3,13,14,15). The van der Waals surface area contributed by atoms with Crippen molar-refractivity contribution in [1.82, 2.24) is 10.2 Å². The Labute approximate surface area is 91.3 Å². The predicted molar refractivity (Wildman–Crippen MR) is 57.6 cm³/mol. The van der Waals surface area contributed by atoms with Crippen LogP contribution < -0.4 is 5.73 Å². The molecule has 4 nitrogen and oxygen atoms in total. The van der Waals surface area contributed by atoms with Crippen LogP contribution in [0.5, 0.6) is 0 Å². The van der Waals surface area contributed by atoms with Crippen LogP contribution in [-0.2, 0) is 0 Å². The number of anilines is 1. The van der Waals surface area contributed by atoms with Crippen molar-refractivity contribution < 1.29 is 9.18 Å². The van der Waals surface area contributed by atoms with Crippen LogP contribution in [0.3, 0.4) is 0 Å². The Morgan fingerprint density at radius 2 is 2.19 bits per heavy atom. The monoisotopic (exact) mass is 219 g/mol. The number of aromatic nitrogens is 2. The molecule has 0 spiro atoms. The Kier molecular flexibility index (Phi) is 2.44. The molecule has 0 bridgehead atoms. The van der Waals surface area contributed by atoms with Crippen molar-refractivity contribution >= 4 is 11.6 Å². The summed E-state index contributed by atoms with van der Waals surface area (Å²) in [5, 5.41) is 6.15. The van der Waals surface area contributed by atoms with Crippen LogP contribution in [-0.4, -0.2) is 16.0 Å². The number of nitrogens with zero attached hydrogens (tertiary/aromatic N) is 1. The second-order valence-corrected chi connectivity index (χ2v) is 3.49. The minimum Gasteiger partial charge on any atom is -0.383 e. The number of hydrogen-bond acceptors (Lipinski definition) is 3. The van der Waals surface area contributed by atoms with Gasteiger partial charge in [0, 0.05) is 5.56 Å². The molecule has 0 aliphatic rings. The van der Waals surface area contributed by atoms with E-state index < -0.39 is 0 Å². The van der Waals surface area contributed by atoms with Gasteiger partial charge in [0.1, 0.15) is 11.6 Å². The number of halogens is 1. The third kappa shape index (κ3) is 1.67. The summed E-state index contributed by atoms with van der Waals surface area (Å²) in [4.78, 5) is 12.0. The quantitative estimate of drug-likeness (QED) is 0.754. The molecule has 5 heteroatoms. The molecule has 16 heavy (non-hydrogen) atoms. The van der Waals surface area contributed by atoms with E-state index in [-0.39, 0.29) is 17.4 Å². The molecule has 0 atom stereocenters. The molecule has 0 radical (unpaired) electrons. The molecular formula is C11H10FN3O. The average Bonchev–Trinajstić information content (AvgIpc) is 2.63. The molecule has 0 aliphatic heterocycles. The van der Waals surface area contributed by atoms with E-state index >= 15 is 0 Å². The number of H-pyrrole nitrogens is 1. The number of carbonyl (C=O) groups is 1. The molecule has 0 amide bonds. The van der Waals surface area contributed by atoms with E-state index in [9.17, 15) is 9.18 Å². The van der Waals surface area contributed by atoms with Crippen molar-refractivity contribution in [3.05, 3.63) is 46.9 Å². The molecule has 82 valence electrons. The zero-order valence-corrected chi connectivity index (χ0v) is 8.62. The van der Waals surface area contributed by atoms with Crippen LogP contribution in [0, 0.1) is 12.7 Å². The summed E-state index contributed by atoms with van der Waals surface area (Å²) in [7, 11) is 0. The molecule has 2 rings (SSSR count). The maximum Gasteiger partial charge on any atom is 0.198 e. The van der Waals surface area contributed by atoms with E-state index in [1.54, 1.807) is 6.92 Å². The van der Waals surface area contributed by atoms with Crippen LogP contribution in [0.4, 0.5) is 10.2 Å². The third-order valence-corrected chi connectivity index (χ3v) is 2.35. The summed E-state index contributed by atoms with van der Waals surface area (Å²) in [6.07, 6.45) is 1.36. The maximum atomic E-state index is 12.9. The normalized spacial score (nSPS) is 10.4. The Morgan fingerprint density at radius 3 is 2.75 bits per heavy atom. The van der Waals surface area contributed by atoms with E-state index in [1.807, 2.05) is 0 Å². The number of nitrogens with two attached hydrogens (primary N) is 1. The van der Waals surface area contributed by atoms with Crippen molar-refractivity contribution in [1.29, 1.82) is 0 Å². The first kappa shape index (κ1) is 10.4. The first-order chi connectivity index (χ1) is 7.59. The van der Waals surface area contributed by atoms with Crippen LogP contribution >= 0.6 is 0 Å². The molecule has 1 aromatic carbocycles. The van der Waals surface area contributed by atoms with E-state index in [0.717, 1.165) is 0 Å². The fraction of sp³-hybridized carbons (Fsp3) is 0.0909. The molecule has 0 saturated carbocycles. The summed E-state index contributed by atoms with van der Waals surface area (Å²) in [5.41, 5.74) is 6.85. The number of rotatable bonds is 2. The van der Waals surface area contributed by atoms with E-state index in [4.69, 9.17) is 5.73 Å². The van der Waals surface area contributed by atoms with Crippen molar-refractivity contribution in [2.24, 2.45) is 0 Å². The zero-order valence-electron chi connectivity index (χ0n) is 8.62. The number of nitrogen functional groups attached to an aromatic ring is 1. The Bertz CT molecular complexity index is 548. The van der Waals surface area contributed by atoms with Gasteiger partial charge in [-0.05, 0) is 30.7 Å². The van der Waals surface area contributed by atoms with Gasteiger partial charge in [0.2, 0.25) is 0 Å². The van der Waals surface area contributed by atoms with Crippen molar-refractivity contribution in [3.8, 4) is 0 Å². The SMILES string of the molecule is Cc1cc(F)ccc1C(=O)c1cn[nH]c1N. The lowest BCUT2D eigenvalue weighted by Crippen LogP contribution is -2.05. The van der Waals surface area contributed by atoms with Gasteiger partial charge in [0.15, 0.2) is 5.78 Å². The van der Waals surface area contributed by atoms with E-state index in [2.05, 4.69) is 10.2 Å². The lowest BCUT2D eigenvalue weighted by molar-refractivity contribution is 0.103. The Morgan fingerprint density at radius 1 is 1.44 bits per heavy atom. The first-order valence-corrected chi connectivity index (χ1v) is 4.69. The molecule has 1 heterocycles. The summed E-state index contributed by atoms with van der Waals surface area (Å²) >= 11 is 0. The molecule has 0 fully saturated rings. The average molecular weight is 219 g/mol. The highest BCUT2D eigenvalue weighted by atomic mass is 19.1. The highest BCUT2D eigenvalue weighted by Crippen LogP contribution is 2.17. The van der Waals surface area contributed by atoms with Crippen LogP contribution in [0.2, 0.25) is 0 Å². The Hall–Kier alpha value is -2.17. The van der Waals surface area contributed by atoms with Gasteiger partial charge in [-0.15, -0.1) is 0 Å². The van der Waals surface area contributed by atoms with E-state index in [0.29, 0.717) is 16.7 Å². The number of hydrogen-bond donors (Lipinski definition) is 2. The van der Waals surface area contributed by atoms with Crippen molar-refractivity contribution in [2.45, 2.75) is 6.92 Å². The van der Waals surface area contributed by atoms with Gasteiger partial charge in [-0.1, -0.05) is 0 Å².